The molecule has 0 spiro atoms. The van der Waals surface area contributed by atoms with Crippen LogP contribution in [-0.4, -0.2) is 25.6 Å². The third-order valence-electron chi connectivity index (χ3n) is 3.61. The van der Waals surface area contributed by atoms with Crippen LogP contribution in [0.5, 0.6) is 5.75 Å². The van der Waals surface area contributed by atoms with Crippen LogP contribution in [-0.2, 0) is 9.53 Å². The molecule has 5 nitrogen and oxygen atoms in total. The highest BCUT2D eigenvalue weighted by Gasteiger charge is 2.10. The highest BCUT2D eigenvalue weighted by Crippen LogP contribution is 2.20. The molecule has 0 saturated heterocycles. The third-order valence-corrected chi connectivity index (χ3v) is 3.61. The van der Waals surface area contributed by atoms with Crippen LogP contribution in [0.4, 0.5) is 5.69 Å². The maximum absolute atomic E-state index is 12.1. The zero-order valence-electron chi connectivity index (χ0n) is 14.3. The number of carbonyl (C=O) groups is 2. The van der Waals surface area contributed by atoms with E-state index in [4.69, 9.17) is 4.74 Å². The number of anilines is 1. The van der Waals surface area contributed by atoms with Crippen LogP contribution in [0.25, 0.3) is 0 Å². The molecule has 0 aliphatic carbocycles. The summed E-state index contributed by atoms with van der Waals surface area (Å²) in [5.41, 5.74) is 3.99. The van der Waals surface area contributed by atoms with Gasteiger partial charge in [0.25, 0.3) is 5.91 Å². The molecule has 0 fully saturated rings. The van der Waals surface area contributed by atoms with Crippen molar-refractivity contribution >= 4 is 17.6 Å². The van der Waals surface area contributed by atoms with Crippen LogP contribution in [0.2, 0.25) is 0 Å². The predicted molar refractivity (Wildman–Crippen MR) is 92.6 cm³/mol. The van der Waals surface area contributed by atoms with E-state index < -0.39 is 5.97 Å². The Morgan fingerprint density at radius 3 is 2.38 bits per heavy atom. The molecule has 2 aromatic carbocycles. The summed E-state index contributed by atoms with van der Waals surface area (Å²) in [6.45, 7) is 5.68. The lowest BCUT2D eigenvalue weighted by atomic mass is 10.1. The number of benzene rings is 2. The van der Waals surface area contributed by atoms with Crippen molar-refractivity contribution in [3.05, 3.63) is 58.7 Å². The fourth-order valence-corrected chi connectivity index (χ4v) is 2.34. The molecule has 24 heavy (non-hydrogen) atoms. The van der Waals surface area contributed by atoms with E-state index in [2.05, 4.69) is 10.1 Å². The monoisotopic (exact) mass is 327 g/mol. The van der Waals surface area contributed by atoms with E-state index in [-0.39, 0.29) is 12.5 Å². The van der Waals surface area contributed by atoms with Gasteiger partial charge in [0.1, 0.15) is 5.75 Å². The molecule has 126 valence electrons. The van der Waals surface area contributed by atoms with E-state index in [0.717, 1.165) is 16.7 Å². The topological polar surface area (TPSA) is 64.6 Å². The Balaban J connectivity index is 1.98. The third kappa shape index (κ3) is 4.35. The van der Waals surface area contributed by atoms with Crippen molar-refractivity contribution in [3.63, 3.8) is 0 Å². The lowest BCUT2D eigenvalue weighted by Crippen LogP contribution is -2.21. The normalized spacial score (nSPS) is 10.2. The van der Waals surface area contributed by atoms with Gasteiger partial charge in [-0.3, -0.25) is 4.79 Å². The van der Waals surface area contributed by atoms with E-state index in [1.54, 1.807) is 18.2 Å². The first-order chi connectivity index (χ1) is 11.4. The summed E-state index contributed by atoms with van der Waals surface area (Å²) >= 11 is 0. The molecule has 0 bridgehead atoms. The SMILES string of the molecule is COC(=O)c1ccc(NC(=O)COc2ccc(C)cc2C)c(C)c1. The van der Waals surface area contributed by atoms with E-state index in [1.165, 1.54) is 7.11 Å². The minimum atomic E-state index is -0.408. The first kappa shape index (κ1) is 17.5. The number of hydrogen-bond donors (Lipinski definition) is 1. The van der Waals surface area contributed by atoms with Gasteiger partial charge in [-0.2, -0.15) is 0 Å². The maximum atomic E-state index is 12.1. The first-order valence-corrected chi connectivity index (χ1v) is 7.59. The van der Waals surface area contributed by atoms with Crippen molar-refractivity contribution in [2.75, 3.05) is 19.0 Å². The fourth-order valence-electron chi connectivity index (χ4n) is 2.34. The van der Waals surface area contributed by atoms with E-state index in [1.807, 2.05) is 39.0 Å². The van der Waals surface area contributed by atoms with Gasteiger partial charge in [0.05, 0.1) is 12.7 Å². The first-order valence-electron chi connectivity index (χ1n) is 7.59. The number of nitrogens with one attached hydrogen (secondary N) is 1. The van der Waals surface area contributed by atoms with Gasteiger partial charge in [0.15, 0.2) is 6.61 Å². The minimum absolute atomic E-state index is 0.0813. The molecule has 0 unspecified atom stereocenters. The summed E-state index contributed by atoms with van der Waals surface area (Å²) in [5.74, 6) is 0.0200. The molecule has 2 aromatic rings. The summed E-state index contributed by atoms with van der Waals surface area (Å²) in [6.07, 6.45) is 0. The number of rotatable bonds is 5. The van der Waals surface area contributed by atoms with Gasteiger partial charge < -0.3 is 14.8 Å². The van der Waals surface area contributed by atoms with Crippen LogP contribution in [0.15, 0.2) is 36.4 Å². The average molecular weight is 327 g/mol. The molecule has 2 rings (SSSR count). The summed E-state index contributed by atoms with van der Waals surface area (Å²) in [5, 5.41) is 2.78. The number of methoxy groups -OCH3 is 1. The van der Waals surface area contributed by atoms with Crippen molar-refractivity contribution in [1.82, 2.24) is 0 Å². The molecule has 0 atom stereocenters. The number of amides is 1. The average Bonchev–Trinajstić information content (AvgIpc) is 2.55. The molecule has 0 aliphatic rings. The van der Waals surface area contributed by atoms with Crippen LogP contribution >= 0.6 is 0 Å². The summed E-state index contributed by atoms with van der Waals surface area (Å²) in [7, 11) is 1.33. The molecule has 5 heteroatoms. The lowest BCUT2D eigenvalue weighted by Gasteiger charge is -2.12. The largest absolute Gasteiger partial charge is 0.483 e. The smallest absolute Gasteiger partial charge is 0.337 e. The Morgan fingerprint density at radius 2 is 1.75 bits per heavy atom. The minimum Gasteiger partial charge on any atom is -0.483 e. The van der Waals surface area contributed by atoms with Gasteiger partial charge in [-0.1, -0.05) is 17.7 Å². The zero-order chi connectivity index (χ0) is 17.7. The molecule has 0 aliphatic heterocycles. The highest BCUT2D eigenvalue weighted by molar-refractivity contribution is 5.94. The zero-order valence-corrected chi connectivity index (χ0v) is 14.3. The Morgan fingerprint density at radius 1 is 1.00 bits per heavy atom. The Hall–Kier alpha value is -2.82. The van der Waals surface area contributed by atoms with Gasteiger partial charge in [0.2, 0.25) is 0 Å². The van der Waals surface area contributed by atoms with Gasteiger partial charge in [-0.15, -0.1) is 0 Å². The van der Waals surface area contributed by atoms with Gasteiger partial charge in [0, 0.05) is 5.69 Å². The number of aryl methyl sites for hydroxylation is 3. The van der Waals surface area contributed by atoms with Gasteiger partial charge >= 0.3 is 5.97 Å². The molecule has 0 heterocycles. The molecule has 0 saturated carbocycles. The van der Waals surface area contributed by atoms with E-state index in [0.29, 0.717) is 17.0 Å². The van der Waals surface area contributed by atoms with Crippen molar-refractivity contribution in [2.24, 2.45) is 0 Å². The van der Waals surface area contributed by atoms with Crippen LogP contribution < -0.4 is 10.1 Å². The summed E-state index contributed by atoms with van der Waals surface area (Å²) in [6, 6.07) is 10.8. The Bertz CT molecular complexity index is 768. The standard InChI is InChI=1S/C19H21NO4/c1-12-5-8-17(14(3)9-12)24-11-18(21)20-16-7-6-15(10-13(16)2)19(22)23-4/h5-10H,11H2,1-4H3,(H,20,21). The van der Waals surface area contributed by atoms with Gasteiger partial charge in [-0.25, -0.2) is 4.79 Å². The Labute approximate surface area is 141 Å². The quantitative estimate of drug-likeness (QED) is 0.855. The van der Waals surface area contributed by atoms with Crippen LogP contribution in [0.3, 0.4) is 0 Å². The second kappa shape index (κ2) is 7.64. The second-order valence-electron chi connectivity index (χ2n) is 5.63. The summed E-state index contributed by atoms with van der Waals surface area (Å²) < 4.78 is 10.2. The van der Waals surface area contributed by atoms with Crippen molar-refractivity contribution in [1.29, 1.82) is 0 Å². The number of hydrogen-bond acceptors (Lipinski definition) is 4. The molecular formula is C19H21NO4. The van der Waals surface area contributed by atoms with Crippen LogP contribution in [0.1, 0.15) is 27.0 Å². The molecule has 1 amide bonds. The van der Waals surface area contributed by atoms with Crippen molar-refractivity contribution < 1.29 is 19.1 Å². The van der Waals surface area contributed by atoms with Crippen LogP contribution in [0, 0.1) is 20.8 Å². The highest BCUT2D eigenvalue weighted by atomic mass is 16.5. The van der Waals surface area contributed by atoms with E-state index >= 15 is 0 Å². The number of carbonyl (C=O) groups excluding carboxylic acids is 2. The fraction of sp³-hybridized carbons (Fsp3) is 0.263. The van der Waals surface area contributed by atoms with E-state index in [9.17, 15) is 9.59 Å². The summed E-state index contributed by atoms with van der Waals surface area (Å²) in [4.78, 5) is 23.5. The van der Waals surface area contributed by atoms with Crippen molar-refractivity contribution in [2.45, 2.75) is 20.8 Å². The van der Waals surface area contributed by atoms with Gasteiger partial charge in [-0.05, 0) is 56.2 Å². The Kier molecular flexibility index (Phi) is 5.58. The predicted octanol–water partition coefficient (Wildman–Crippen LogP) is 3.42. The second-order valence-corrected chi connectivity index (χ2v) is 5.63. The number of esters is 1. The molecule has 1 N–H and O–H groups in total. The molecule has 0 radical (unpaired) electrons. The number of ether oxygens (including phenoxy) is 2. The maximum Gasteiger partial charge on any atom is 0.337 e. The van der Waals surface area contributed by atoms with Crippen molar-refractivity contribution in [3.8, 4) is 5.75 Å². The lowest BCUT2D eigenvalue weighted by molar-refractivity contribution is -0.118. The molecule has 0 aromatic heterocycles. The molecular weight excluding hydrogens is 306 g/mol.